The molecular weight excluding hydrogens is 333 g/mol. The highest BCUT2D eigenvalue weighted by Gasteiger charge is 2.33. The molecule has 0 aromatic heterocycles. The quantitative estimate of drug-likeness (QED) is 0.726. The zero-order valence-corrected chi connectivity index (χ0v) is 14.5. The van der Waals surface area contributed by atoms with Crippen LogP contribution in [-0.4, -0.2) is 5.11 Å². The number of rotatable bonds is 3. The number of nitrogens with one attached hydrogen (secondary N) is 2. The third kappa shape index (κ3) is 4.47. The zero-order valence-electron chi connectivity index (χ0n) is 13.7. The third-order valence-electron chi connectivity index (χ3n) is 3.72. The molecule has 2 nitrogen and oxygen atoms in total. The Labute approximate surface area is 145 Å². The SMILES string of the molecule is Cc1ccc(C(C)NC(=S)Nc2ccccc2C(F)(F)F)c(C)c1. The lowest BCUT2D eigenvalue weighted by molar-refractivity contribution is -0.136. The highest BCUT2D eigenvalue weighted by Crippen LogP contribution is 2.34. The van der Waals surface area contributed by atoms with E-state index in [4.69, 9.17) is 12.2 Å². The van der Waals surface area contributed by atoms with Crippen LogP contribution in [0.25, 0.3) is 0 Å². The van der Waals surface area contributed by atoms with Gasteiger partial charge in [0.15, 0.2) is 5.11 Å². The smallest absolute Gasteiger partial charge is 0.356 e. The van der Waals surface area contributed by atoms with Crippen molar-refractivity contribution in [2.24, 2.45) is 0 Å². The zero-order chi connectivity index (χ0) is 17.9. The second kappa shape index (κ2) is 7.21. The average Bonchev–Trinajstić information content (AvgIpc) is 2.46. The molecule has 2 rings (SSSR count). The van der Waals surface area contributed by atoms with E-state index in [1.165, 1.54) is 18.2 Å². The fourth-order valence-electron chi connectivity index (χ4n) is 2.58. The van der Waals surface area contributed by atoms with Gasteiger partial charge in [0.2, 0.25) is 0 Å². The van der Waals surface area contributed by atoms with E-state index in [1.54, 1.807) is 0 Å². The van der Waals surface area contributed by atoms with Gasteiger partial charge in [-0.3, -0.25) is 0 Å². The first-order valence-corrected chi connectivity index (χ1v) is 7.90. The van der Waals surface area contributed by atoms with E-state index >= 15 is 0 Å². The summed E-state index contributed by atoms with van der Waals surface area (Å²) in [4.78, 5) is 0. The molecule has 0 aliphatic heterocycles. The monoisotopic (exact) mass is 352 g/mol. The number of aryl methyl sites for hydroxylation is 2. The van der Waals surface area contributed by atoms with Gasteiger partial charge in [-0.1, -0.05) is 35.9 Å². The molecule has 128 valence electrons. The Kier molecular flexibility index (Phi) is 5.49. The minimum absolute atomic E-state index is 0.0599. The van der Waals surface area contributed by atoms with Gasteiger partial charge in [0.1, 0.15) is 0 Å². The van der Waals surface area contributed by atoms with E-state index in [1.807, 2.05) is 32.9 Å². The first kappa shape index (κ1) is 18.3. The maximum Gasteiger partial charge on any atom is 0.418 e. The molecule has 2 aromatic carbocycles. The summed E-state index contributed by atoms with van der Waals surface area (Å²) in [5.74, 6) is 0. The van der Waals surface area contributed by atoms with Gasteiger partial charge in [-0.2, -0.15) is 13.2 Å². The number of halogens is 3. The van der Waals surface area contributed by atoms with Crippen LogP contribution < -0.4 is 10.6 Å². The van der Waals surface area contributed by atoms with Crippen molar-refractivity contribution in [1.29, 1.82) is 0 Å². The van der Waals surface area contributed by atoms with Crippen molar-refractivity contribution < 1.29 is 13.2 Å². The van der Waals surface area contributed by atoms with Gasteiger partial charge in [0.05, 0.1) is 17.3 Å². The first-order chi connectivity index (χ1) is 11.2. The average molecular weight is 352 g/mol. The van der Waals surface area contributed by atoms with Crippen LogP contribution in [0.5, 0.6) is 0 Å². The van der Waals surface area contributed by atoms with Crippen LogP contribution in [-0.2, 0) is 6.18 Å². The predicted molar refractivity (Wildman–Crippen MR) is 95.1 cm³/mol. The molecule has 0 aliphatic rings. The van der Waals surface area contributed by atoms with Gasteiger partial charge in [-0.25, -0.2) is 0 Å². The van der Waals surface area contributed by atoms with E-state index in [2.05, 4.69) is 16.7 Å². The Hall–Kier alpha value is -2.08. The Bertz CT molecular complexity index is 741. The highest BCUT2D eigenvalue weighted by atomic mass is 32.1. The normalized spacial score (nSPS) is 12.6. The molecule has 0 fully saturated rings. The highest BCUT2D eigenvalue weighted by molar-refractivity contribution is 7.80. The number of para-hydroxylation sites is 1. The van der Waals surface area contributed by atoms with Gasteiger partial charge in [-0.15, -0.1) is 0 Å². The summed E-state index contributed by atoms with van der Waals surface area (Å²) in [7, 11) is 0. The van der Waals surface area contributed by atoms with Crippen LogP contribution >= 0.6 is 12.2 Å². The molecule has 2 N–H and O–H groups in total. The molecule has 0 bridgehead atoms. The maximum absolute atomic E-state index is 13.0. The lowest BCUT2D eigenvalue weighted by Crippen LogP contribution is -2.32. The minimum Gasteiger partial charge on any atom is -0.356 e. The Morgan fingerprint density at radius 3 is 2.38 bits per heavy atom. The molecular formula is C18H19F3N2S. The number of hydrogen-bond donors (Lipinski definition) is 2. The van der Waals surface area contributed by atoms with Crippen LogP contribution in [0.2, 0.25) is 0 Å². The first-order valence-electron chi connectivity index (χ1n) is 7.49. The Balaban J connectivity index is 2.11. The number of hydrogen-bond acceptors (Lipinski definition) is 1. The molecule has 0 amide bonds. The number of alkyl halides is 3. The van der Waals surface area contributed by atoms with Crippen molar-refractivity contribution in [3.63, 3.8) is 0 Å². The van der Waals surface area contributed by atoms with E-state index in [0.717, 1.165) is 22.8 Å². The number of thiocarbonyl (C=S) groups is 1. The van der Waals surface area contributed by atoms with Crippen LogP contribution in [0.4, 0.5) is 18.9 Å². The summed E-state index contributed by atoms with van der Waals surface area (Å²) < 4.78 is 39.0. The summed E-state index contributed by atoms with van der Waals surface area (Å²) in [5, 5.41) is 5.84. The van der Waals surface area contributed by atoms with Crippen molar-refractivity contribution in [2.75, 3.05) is 5.32 Å². The summed E-state index contributed by atoms with van der Waals surface area (Å²) in [6, 6.07) is 11.2. The van der Waals surface area contributed by atoms with E-state index < -0.39 is 11.7 Å². The molecule has 0 saturated heterocycles. The summed E-state index contributed by atoms with van der Waals surface area (Å²) in [6.07, 6.45) is -4.43. The maximum atomic E-state index is 13.0. The number of anilines is 1. The van der Waals surface area contributed by atoms with Crippen molar-refractivity contribution in [2.45, 2.75) is 33.0 Å². The topological polar surface area (TPSA) is 24.1 Å². The van der Waals surface area contributed by atoms with Crippen molar-refractivity contribution in [3.05, 3.63) is 64.7 Å². The lowest BCUT2D eigenvalue weighted by Gasteiger charge is -2.21. The molecule has 1 unspecified atom stereocenters. The van der Waals surface area contributed by atoms with Crippen molar-refractivity contribution in [3.8, 4) is 0 Å². The molecule has 0 saturated carbocycles. The minimum atomic E-state index is -4.43. The van der Waals surface area contributed by atoms with Crippen LogP contribution in [0.3, 0.4) is 0 Å². The molecule has 6 heteroatoms. The van der Waals surface area contributed by atoms with Crippen LogP contribution in [0.1, 0.15) is 35.2 Å². The molecule has 0 spiro atoms. The van der Waals surface area contributed by atoms with Gasteiger partial charge in [0, 0.05) is 0 Å². The van der Waals surface area contributed by atoms with Crippen LogP contribution in [0.15, 0.2) is 42.5 Å². The second-order valence-corrected chi connectivity index (χ2v) is 6.13. The fourth-order valence-corrected chi connectivity index (χ4v) is 2.87. The van der Waals surface area contributed by atoms with E-state index in [-0.39, 0.29) is 16.8 Å². The Morgan fingerprint density at radius 2 is 1.75 bits per heavy atom. The van der Waals surface area contributed by atoms with Gasteiger partial charge >= 0.3 is 6.18 Å². The van der Waals surface area contributed by atoms with Crippen LogP contribution in [0, 0.1) is 13.8 Å². The van der Waals surface area contributed by atoms with Crippen molar-refractivity contribution >= 4 is 23.0 Å². The summed E-state index contributed by atoms with van der Waals surface area (Å²) in [6.45, 7) is 5.92. The van der Waals surface area contributed by atoms with Gasteiger partial charge in [0.25, 0.3) is 0 Å². The second-order valence-electron chi connectivity index (χ2n) is 5.72. The standard InChI is InChI=1S/C18H19F3N2S/c1-11-8-9-14(12(2)10-11)13(3)22-17(24)23-16-7-5-4-6-15(16)18(19,20)21/h4-10,13H,1-3H3,(H2,22,23,24). The summed E-state index contributed by atoms with van der Waals surface area (Å²) >= 11 is 5.17. The molecule has 0 aliphatic carbocycles. The molecule has 2 aromatic rings. The molecule has 24 heavy (non-hydrogen) atoms. The molecule has 0 heterocycles. The molecule has 0 radical (unpaired) electrons. The Morgan fingerprint density at radius 1 is 1.08 bits per heavy atom. The molecule has 1 atom stereocenters. The summed E-state index contributed by atoms with van der Waals surface area (Å²) in [5.41, 5.74) is 2.51. The fraction of sp³-hybridized carbons (Fsp3) is 0.278. The van der Waals surface area contributed by atoms with Gasteiger partial charge in [-0.05, 0) is 56.2 Å². The van der Waals surface area contributed by atoms with E-state index in [9.17, 15) is 13.2 Å². The van der Waals surface area contributed by atoms with Gasteiger partial charge < -0.3 is 10.6 Å². The predicted octanol–water partition coefficient (Wildman–Crippen LogP) is 5.37. The van der Waals surface area contributed by atoms with E-state index in [0.29, 0.717) is 0 Å². The van der Waals surface area contributed by atoms with Crippen molar-refractivity contribution in [1.82, 2.24) is 5.32 Å². The largest absolute Gasteiger partial charge is 0.418 e. The lowest BCUT2D eigenvalue weighted by atomic mass is 10.0. The third-order valence-corrected chi connectivity index (χ3v) is 3.94. The number of benzene rings is 2.